The van der Waals surface area contributed by atoms with Gasteiger partial charge in [0.25, 0.3) is 0 Å². The predicted octanol–water partition coefficient (Wildman–Crippen LogP) is 4.18. The Bertz CT molecular complexity index is 909. The molecule has 2 aromatic heterocycles. The molecule has 0 radical (unpaired) electrons. The van der Waals surface area contributed by atoms with E-state index in [0.717, 1.165) is 40.9 Å². The summed E-state index contributed by atoms with van der Waals surface area (Å²) in [5, 5.41) is 3.22. The van der Waals surface area contributed by atoms with E-state index in [2.05, 4.69) is 40.1 Å². The van der Waals surface area contributed by atoms with Crippen LogP contribution in [-0.2, 0) is 0 Å². The third-order valence-electron chi connectivity index (χ3n) is 4.37. The van der Waals surface area contributed by atoms with Crippen LogP contribution in [0.5, 0.6) is 0 Å². The number of hydrogen-bond acceptors (Lipinski definition) is 6. The van der Waals surface area contributed by atoms with Gasteiger partial charge in [0.1, 0.15) is 17.5 Å². The summed E-state index contributed by atoms with van der Waals surface area (Å²) in [5.74, 6) is 1.85. The Morgan fingerprint density at radius 1 is 1.22 bits per heavy atom. The minimum absolute atomic E-state index is 0.498. The van der Waals surface area contributed by atoms with Crippen LogP contribution in [0.25, 0.3) is 17.5 Å². The minimum atomic E-state index is 0.498. The summed E-state index contributed by atoms with van der Waals surface area (Å²) in [7, 11) is 2.01. The van der Waals surface area contributed by atoms with Crippen molar-refractivity contribution in [3.63, 3.8) is 0 Å². The Morgan fingerprint density at radius 2 is 2.04 bits per heavy atom. The lowest BCUT2D eigenvalue weighted by Crippen LogP contribution is -2.16. The molecule has 5 N–H and O–H groups in total. The average molecular weight is 362 g/mol. The molecule has 0 aromatic carbocycles. The molecule has 0 saturated heterocycles. The second-order valence-corrected chi connectivity index (χ2v) is 6.41. The van der Waals surface area contributed by atoms with Gasteiger partial charge in [-0.05, 0) is 42.7 Å². The zero-order valence-electron chi connectivity index (χ0n) is 16.0. The molecule has 0 aliphatic carbocycles. The standard InChI is InChI=1S/C21H26N6/c1-4-6-16(22)15-8-9-18(24-13-15)25-19-12-14-10-11-27(3)17(7-5-2)20(14)21(23)26-19/h6-13H,4-5,22H2,1-3H3,(H3,23,24,25,26)/b16-6-,17-7+. The fraction of sp³-hybridized carbons (Fsp3) is 0.238. The summed E-state index contributed by atoms with van der Waals surface area (Å²) in [6.45, 7) is 4.16. The van der Waals surface area contributed by atoms with E-state index in [1.165, 1.54) is 0 Å². The van der Waals surface area contributed by atoms with Gasteiger partial charge in [0.05, 0.1) is 0 Å². The number of nitrogen functional groups attached to an aromatic ring is 1. The highest BCUT2D eigenvalue weighted by Gasteiger charge is 2.19. The van der Waals surface area contributed by atoms with Gasteiger partial charge in [-0.25, -0.2) is 9.97 Å². The van der Waals surface area contributed by atoms with Crippen LogP contribution in [-0.4, -0.2) is 21.9 Å². The first-order valence-corrected chi connectivity index (χ1v) is 9.14. The molecular formula is C21H26N6. The summed E-state index contributed by atoms with van der Waals surface area (Å²) in [6.07, 6.45) is 11.8. The van der Waals surface area contributed by atoms with Crippen molar-refractivity contribution in [2.75, 3.05) is 18.1 Å². The van der Waals surface area contributed by atoms with Crippen molar-refractivity contribution >= 4 is 34.9 Å². The molecule has 0 saturated carbocycles. The van der Waals surface area contributed by atoms with Gasteiger partial charge in [0.2, 0.25) is 0 Å². The number of anilines is 3. The normalized spacial score (nSPS) is 15.1. The number of allylic oxidation sites excluding steroid dienone is 2. The Balaban J connectivity index is 1.88. The van der Waals surface area contributed by atoms with E-state index in [9.17, 15) is 0 Å². The molecule has 3 rings (SSSR count). The van der Waals surface area contributed by atoms with Crippen molar-refractivity contribution in [3.8, 4) is 0 Å². The molecule has 0 atom stereocenters. The van der Waals surface area contributed by atoms with Crippen LogP contribution in [0.1, 0.15) is 43.4 Å². The Kier molecular flexibility index (Phi) is 5.45. The van der Waals surface area contributed by atoms with Crippen LogP contribution >= 0.6 is 0 Å². The molecule has 1 aliphatic rings. The van der Waals surface area contributed by atoms with E-state index in [-0.39, 0.29) is 0 Å². The number of fused-ring (bicyclic) bond motifs is 1. The first-order valence-electron chi connectivity index (χ1n) is 9.14. The summed E-state index contributed by atoms with van der Waals surface area (Å²) in [4.78, 5) is 11.0. The fourth-order valence-electron chi connectivity index (χ4n) is 3.06. The number of aromatic nitrogens is 2. The van der Waals surface area contributed by atoms with Crippen LogP contribution in [0.2, 0.25) is 0 Å². The monoisotopic (exact) mass is 362 g/mol. The van der Waals surface area contributed by atoms with E-state index in [1.54, 1.807) is 6.20 Å². The molecule has 2 aromatic rings. The molecule has 3 heterocycles. The van der Waals surface area contributed by atoms with E-state index in [1.807, 2.05) is 43.6 Å². The molecular weight excluding hydrogens is 336 g/mol. The molecule has 0 unspecified atom stereocenters. The smallest absolute Gasteiger partial charge is 0.135 e. The van der Waals surface area contributed by atoms with Gasteiger partial charge >= 0.3 is 0 Å². The Morgan fingerprint density at radius 3 is 2.70 bits per heavy atom. The average Bonchev–Trinajstić information content (AvgIpc) is 2.65. The van der Waals surface area contributed by atoms with E-state index in [0.29, 0.717) is 17.5 Å². The SMILES string of the molecule is CC/C=C(\N)c1ccc(Nc2cc3c(c(N)n2)/C(=C\CC)N(C)C=C3)nc1. The van der Waals surface area contributed by atoms with Crippen molar-refractivity contribution in [1.82, 2.24) is 14.9 Å². The summed E-state index contributed by atoms with van der Waals surface area (Å²) >= 11 is 0. The topological polar surface area (TPSA) is 93.1 Å². The molecule has 6 heteroatoms. The number of pyridine rings is 2. The zero-order valence-corrected chi connectivity index (χ0v) is 16.0. The number of hydrogen-bond donors (Lipinski definition) is 3. The number of rotatable bonds is 5. The second kappa shape index (κ2) is 7.95. The first-order chi connectivity index (χ1) is 13.0. The first kappa shape index (κ1) is 18.5. The predicted molar refractivity (Wildman–Crippen MR) is 114 cm³/mol. The third kappa shape index (κ3) is 3.95. The van der Waals surface area contributed by atoms with E-state index >= 15 is 0 Å². The molecule has 6 nitrogen and oxygen atoms in total. The van der Waals surface area contributed by atoms with Crippen LogP contribution < -0.4 is 16.8 Å². The van der Waals surface area contributed by atoms with Crippen LogP contribution in [0, 0.1) is 0 Å². The van der Waals surface area contributed by atoms with Crippen molar-refractivity contribution in [3.05, 3.63) is 59.4 Å². The maximum absolute atomic E-state index is 6.28. The van der Waals surface area contributed by atoms with E-state index in [4.69, 9.17) is 11.5 Å². The van der Waals surface area contributed by atoms with E-state index < -0.39 is 0 Å². The summed E-state index contributed by atoms with van der Waals surface area (Å²) in [5.41, 5.74) is 17.0. The molecule has 0 fully saturated rings. The number of nitrogens with one attached hydrogen (secondary N) is 1. The lowest BCUT2D eigenvalue weighted by molar-refractivity contribution is 0.651. The van der Waals surface area contributed by atoms with Crippen LogP contribution in [0.4, 0.5) is 17.5 Å². The molecule has 140 valence electrons. The lowest BCUT2D eigenvalue weighted by atomic mass is 10.0. The molecule has 0 bridgehead atoms. The quantitative estimate of drug-likeness (QED) is 0.739. The fourth-order valence-corrected chi connectivity index (χ4v) is 3.06. The van der Waals surface area contributed by atoms with Crippen molar-refractivity contribution in [1.29, 1.82) is 0 Å². The molecule has 0 spiro atoms. The largest absolute Gasteiger partial charge is 0.398 e. The maximum atomic E-state index is 6.28. The zero-order chi connectivity index (χ0) is 19.4. The molecule has 27 heavy (non-hydrogen) atoms. The van der Waals surface area contributed by atoms with Gasteiger partial charge in [-0.15, -0.1) is 0 Å². The van der Waals surface area contributed by atoms with Crippen molar-refractivity contribution in [2.24, 2.45) is 5.73 Å². The van der Waals surface area contributed by atoms with Gasteiger partial charge in [-0.1, -0.05) is 26.0 Å². The van der Waals surface area contributed by atoms with Crippen LogP contribution in [0.15, 0.2) is 42.7 Å². The summed E-state index contributed by atoms with van der Waals surface area (Å²) in [6, 6.07) is 5.81. The maximum Gasteiger partial charge on any atom is 0.135 e. The Hall–Kier alpha value is -3.28. The highest BCUT2D eigenvalue weighted by Crippen LogP contribution is 2.34. The highest BCUT2D eigenvalue weighted by molar-refractivity contribution is 5.84. The van der Waals surface area contributed by atoms with Gasteiger partial charge < -0.3 is 21.7 Å². The highest BCUT2D eigenvalue weighted by atomic mass is 15.1. The van der Waals surface area contributed by atoms with Crippen molar-refractivity contribution < 1.29 is 0 Å². The van der Waals surface area contributed by atoms with Gasteiger partial charge in [0.15, 0.2) is 0 Å². The van der Waals surface area contributed by atoms with Gasteiger partial charge in [-0.2, -0.15) is 0 Å². The van der Waals surface area contributed by atoms with Crippen LogP contribution in [0.3, 0.4) is 0 Å². The van der Waals surface area contributed by atoms with Gasteiger partial charge in [0, 0.05) is 42.0 Å². The summed E-state index contributed by atoms with van der Waals surface area (Å²) < 4.78 is 0. The second-order valence-electron chi connectivity index (χ2n) is 6.41. The third-order valence-corrected chi connectivity index (χ3v) is 4.37. The molecule has 0 amide bonds. The number of nitrogens with zero attached hydrogens (tertiary/aromatic N) is 3. The lowest BCUT2D eigenvalue weighted by Gasteiger charge is -2.26. The molecule has 1 aliphatic heterocycles. The number of nitrogens with two attached hydrogens (primary N) is 2. The minimum Gasteiger partial charge on any atom is -0.398 e. The van der Waals surface area contributed by atoms with Crippen molar-refractivity contribution in [2.45, 2.75) is 26.7 Å². The Labute approximate surface area is 160 Å². The van der Waals surface area contributed by atoms with Gasteiger partial charge in [-0.3, -0.25) is 0 Å².